The first-order chi connectivity index (χ1) is 11.1. The number of unbranched alkanes of at least 4 members (excludes halogenated alkanes) is 1. The lowest BCUT2D eigenvalue weighted by molar-refractivity contribution is -0.116. The molecule has 5 nitrogen and oxygen atoms in total. The van der Waals surface area contributed by atoms with Crippen LogP contribution in [0.1, 0.15) is 42.1 Å². The largest absolute Gasteiger partial charge is 0.301 e. The molecule has 0 aliphatic heterocycles. The first-order valence-corrected chi connectivity index (χ1v) is 9.24. The third-order valence-electron chi connectivity index (χ3n) is 3.11. The van der Waals surface area contributed by atoms with Crippen LogP contribution in [-0.4, -0.2) is 27.6 Å². The Balaban J connectivity index is 1.83. The zero-order chi connectivity index (χ0) is 16.7. The Morgan fingerprint density at radius 3 is 2.65 bits per heavy atom. The van der Waals surface area contributed by atoms with Crippen LogP contribution < -0.4 is 5.32 Å². The topological polar surface area (TPSA) is 72.0 Å². The summed E-state index contributed by atoms with van der Waals surface area (Å²) in [6.07, 6.45) is 2.33. The summed E-state index contributed by atoms with van der Waals surface area (Å²) in [5, 5.41) is 11.1. The number of nitrogens with zero attached hydrogens (tertiary/aromatic N) is 2. The fraction of sp³-hybridized carbons (Fsp3) is 0.375. The number of ketones is 1. The van der Waals surface area contributed by atoms with Crippen LogP contribution in [0.2, 0.25) is 0 Å². The van der Waals surface area contributed by atoms with Gasteiger partial charge in [0.2, 0.25) is 11.0 Å². The van der Waals surface area contributed by atoms with Crippen molar-refractivity contribution in [3.63, 3.8) is 0 Å². The van der Waals surface area contributed by atoms with E-state index in [1.807, 2.05) is 38.1 Å². The molecule has 1 amide bonds. The predicted octanol–water partition coefficient (Wildman–Crippen LogP) is 3.95. The van der Waals surface area contributed by atoms with E-state index in [0.717, 1.165) is 18.4 Å². The minimum absolute atomic E-state index is 0.0460. The van der Waals surface area contributed by atoms with E-state index in [1.165, 1.54) is 23.1 Å². The number of thioether (sulfide) groups is 1. The minimum atomic E-state index is -0.0460. The van der Waals surface area contributed by atoms with Gasteiger partial charge in [0.1, 0.15) is 0 Å². The van der Waals surface area contributed by atoms with Crippen LogP contribution in [0.4, 0.5) is 5.13 Å². The second-order valence-corrected chi connectivity index (χ2v) is 7.30. The molecule has 0 atom stereocenters. The molecule has 0 aliphatic rings. The number of amides is 1. The average Bonchev–Trinajstić information content (AvgIpc) is 2.98. The smallest absolute Gasteiger partial charge is 0.226 e. The van der Waals surface area contributed by atoms with Crippen LogP contribution >= 0.6 is 23.1 Å². The number of hydrogen-bond acceptors (Lipinski definition) is 6. The maximum atomic E-state index is 12.1. The highest BCUT2D eigenvalue weighted by Gasteiger charge is 2.11. The van der Waals surface area contributed by atoms with Gasteiger partial charge in [0.15, 0.2) is 10.1 Å². The first kappa shape index (κ1) is 17.6. The fourth-order valence-electron chi connectivity index (χ4n) is 1.79. The number of carbonyl (C=O) groups excluding carboxylic acids is 2. The van der Waals surface area contributed by atoms with Gasteiger partial charge in [-0.3, -0.25) is 9.59 Å². The van der Waals surface area contributed by atoms with Crippen molar-refractivity contribution in [2.75, 3.05) is 11.1 Å². The number of carbonyl (C=O) groups is 2. The lowest BCUT2D eigenvalue weighted by Gasteiger charge is -2.00. The number of aromatic nitrogens is 2. The number of benzene rings is 1. The summed E-state index contributed by atoms with van der Waals surface area (Å²) in [6, 6.07) is 7.51. The molecule has 23 heavy (non-hydrogen) atoms. The van der Waals surface area contributed by atoms with E-state index in [2.05, 4.69) is 15.5 Å². The Bertz CT molecular complexity index is 668. The maximum absolute atomic E-state index is 12.1. The zero-order valence-electron chi connectivity index (χ0n) is 13.2. The van der Waals surface area contributed by atoms with Gasteiger partial charge in [0.25, 0.3) is 0 Å². The van der Waals surface area contributed by atoms with Crippen LogP contribution in [0.15, 0.2) is 28.6 Å². The third kappa shape index (κ3) is 5.76. The van der Waals surface area contributed by atoms with Gasteiger partial charge in [-0.2, -0.15) is 0 Å². The molecular weight excluding hydrogens is 330 g/mol. The lowest BCUT2D eigenvalue weighted by Crippen LogP contribution is -2.10. The second-order valence-electron chi connectivity index (χ2n) is 5.10. The molecule has 0 bridgehead atoms. The van der Waals surface area contributed by atoms with Gasteiger partial charge >= 0.3 is 0 Å². The molecule has 0 saturated heterocycles. The number of Topliss-reactive ketones (excluding diaryl/α,β-unsaturated/α-hetero) is 1. The van der Waals surface area contributed by atoms with Crippen LogP contribution in [-0.2, 0) is 4.79 Å². The van der Waals surface area contributed by atoms with Gasteiger partial charge < -0.3 is 5.32 Å². The number of hydrogen-bond donors (Lipinski definition) is 1. The highest BCUT2D eigenvalue weighted by Crippen LogP contribution is 2.26. The Morgan fingerprint density at radius 2 is 1.96 bits per heavy atom. The molecule has 1 heterocycles. The van der Waals surface area contributed by atoms with E-state index >= 15 is 0 Å². The molecule has 2 rings (SSSR count). The fourth-order valence-corrected chi connectivity index (χ4v) is 3.45. The maximum Gasteiger partial charge on any atom is 0.226 e. The molecule has 0 unspecified atom stereocenters. The normalized spacial score (nSPS) is 10.5. The van der Waals surface area contributed by atoms with Crippen LogP contribution in [0.5, 0.6) is 0 Å². The second kappa shape index (κ2) is 8.79. The Morgan fingerprint density at radius 1 is 1.22 bits per heavy atom. The van der Waals surface area contributed by atoms with Crippen LogP contribution in [0.3, 0.4) is 0 Å². The number of rotatable bonds is 8. The van der Waals surface area contributed by atoms with E-state index in [0.29, 0.717) is 27.2 Å². The highest BCUT2D eigenvalue weighted by atomic mass is 32.2. The molecule has 0 fully saturated rings. The van der Waals surface area contributed by atoms with Crippen molar-refractivity contribution in [3.8, 4) is 0 Å². The minimum Gasteiger partial charge on any atom is -0.301 e. The average molecular weight is 349 g/mol. The summed E-state index contributed by atoms with van der Waals surface area (Å²) in [6.45, 7) is 4.03. The standard InChI is InChI=1S/C16H19N3O2S2/c1-3-4-5-14(21)17-15-18-19-16(23-15)22-10-13(20)12-8-6-11(2)7-9-12/h6-9H,3-5,10H2,1-2H3,(H,17,18,21). The lowest BCUT2D eigenvalue weighted by atomic mass is 10.1. The molecule has 1 N–H and O–H groups in total. The number of anilines is 1. The predicted molar refractivity (Wildman–Crippen MR) is 94.3 cm³/mol. The van der Waals surface area contributed by atoms with E-state index in [9.17, 15) is 9.59 Å². The van der Waals surface area contributed by atoms with Crippen molar-refractivity contribution >= 4 is 39.9 Å². The molecular formula is C16H19N3O2S2. The summed E-state index contributed by atoms with van der Waals surface area (Å²) in [5.41, 5.74) is 1.82. The van der Waals surface area contributed by atoms with Crippen LogP contribution in [0.25, 0.3) is 0 Å². The molecule has 1 aromatic carbocycles. The Labute approximate surface area is 143 Å². The Hall–Kier alpha value is -1.73. The quantitative estimate of drug-likeness (QED) is 0.444. The van der Waals surface area contributed by atoms with Crippen LogP contribution in [0, 0.1) is 6.92 Å². The van der Waals surface area contributed by atoms with Crippen molar-refractivity contribution in [1.29, 1.82) is 0 Å². The summed E-state index contributed by atoms with van der Waals surface area (Å²) in [7, 11) is 0. The molecule has 122 valence electrons. The van der Waals surface area contributed by atoms with Gasteiger partial charge in [0, 0.05) is 12.0 Å². The van der Waals surface area contributed by atoms with Gasteiger partial charge in [-0.15, -0.1) is 10.2 Å². The molecule has 0 aliphatic carbocycles. The summed E-state index contributed by atoms with van der Waals surface area (Å²) in [4.78, 5) is 23.7. The summed E-state index contributed by atoms with van der Waals surface area (Å²) < 4.78 is 0.677. The number of nitrogens with one attached hydrogen (secondary N) is 1. The van der Waals surface area contributed by atoms with E-state index < -0.39 is 0 Å². The van der Waals surface area contributed by atoms with Crippen molar-refractivity contribution in [2.45, 2.75) is 37.4 Å². The number of aryl methyl sites for hydroxylation is 1. The third-order valence-corrected chi connectivity index (χ3v) is 5.08. The SMILES string of the molecule is CCCCC(=O)Nc1nnc(SCC(=O)c2ccc(C)cc2)s1. The summed E-state index contributed by atoms with van der Waals surface area (Å²) in [5.74, 6) is 0.315. The molecule has 1 aromatic heterocycles. The zero-order valence-corrected chi connectivity index (χ0v) is 14.8. The molecule has 0 radical (unpaired) electrons. The van der Waals surface area contributed by atoms with Gasteiger partial charge in [-0.1, -0.05) is 66.3 Å². The van der Waals surface area contributed by atoms with Crippen molar-refractivity contribution in [2.24, 2.45) is 0 Å². The first-order valence-electron chi connectivity index (χ1n) is 7.44. The molecule has 2 aromatic rings. The van der Waals surface area contributed by atoms with E-state index in [1.54, 1.807) is 0 Å². The summed E-state index contributed by atoms with van der Waals surface area (Å²) >= 11 is 2.63. The molecule has 0 spiro atoms. The van der Waals surface area contributed by atoms with Gasteiger partial charge in [-0.05, 0) is 13.3 Å². The van der Waals surface area contributed by atoms with Crippen molar-refractivity contribution in [3.05, 3.63) is 35.4 Å². The molecule has 7 heteroatoms. The Kier molecular flexibility index (Phi) is 6.73. The monoisotopic (exact) mass is 349 g/mol. The van der Waals surface area contributed by atoms with E-state index in [4.69, 9.17) is 0 Å². The highest BCUT2D eigenvalue weighted by molar-refractivity contribution is 8.01. The van der Waals surface area contributed by atoms with Gasteiger partial charge in [0.05, 0.1) is 5.75 Å². The van der Waals surface area contributed by atoms with Gasteiger partial charge in [-0.25, -0.2) is 0 Å². The van der Waals surface area contributed by atoms with E-state index in [-0.39, 0.29) is 11.7 Å². The molecule has 0 saturated carbocycles. The van der Waals surface area contributed by atoms with Crippen molar-refractivity contribution < 1.29 is 9.59 Å². The van der Waals surface area contributed by atoms with Crippen molar-refractivity contribution in [1.82, 2.24) is 10.2 Å².